The summed E-state index contributed by atoms with van der Waals surface area (Å²) in [7, 11) is 0. The number of amides is 1. The Hall–Kier alpha value is -2.34. The Balaban J connectivity index is 2.14. The van der Waals surface area contributed by atoms with Crippen molar-refractivity contribution in [3.8, 4) is 0 Å². The number of carbonyl (C=O) groups is 1. The molecule has 0 atom stereocenters. The van der Waals surface area contributed by atoms with Crippen LogP contribution in [0.3, 0.4) is 0 Å². The first-order valence-corrected chi connectivity index (χ1v) is 8.00. The number of rotatable bonds is 4. The SMILES string of the molecule is NC(=O)c1nc(F)c(F)c(Cc2ccccc2)c1C1CCNCC1. The van der Waals surface area contributed by atoms with Crippen LogP contribution in [0.4, 0.5) is 8.78 Å². The molecule has 126 valence electrons. The summed E-state index contributed by atoms with van der Waals surface area (Å²) >= 11 is 0. The van der Waals surface area contributed by atoms with Gasteiger partial charge in [-0.2, -0.15) is 4.39 Å². The van der Waals surface area contributed by atoms with Gasteiger partial charge in [-0.1, -0.05) is 30.3 Å². The lowest BCUT2D eigenvalue weighted by atomic mass is 9.84. The molecule has 4 nitrogen and oxygen atoms in total. The second-order valence-corrected chi connectivity index (χ2v) is 6.01. The van der Waals surface area contributed by atoms with Crippen molar-refractivity contribution in [3.63, 3.8) is 0 Å². The lowest BCUT2D eigenvalue weighted by Crippen LogP contribution is -2.30. The highest BCUT2D eigenvalue weighted by Crippen LogP contribution is 2.33. The first kappa shape index (κ1) is 16.5. The van der Waals surface area contributed by atoms with E-state index < -0.39 is 17.7 Å². The number of halogens is 2. The van der Waals surface area contributed by atoms with Gasteiger partial charge in [0.1, 0.15) is 5.69 Å². The summed E-state index contributed by atoms with van der Waals surface area (Å²) in [6.07, 6.45) is 1.66. The second kappa shape index (κ2) is 7.05. The first-order valence-electron chi connectivity index (χ1n) is 8.00. The van der Waals surface area contributed by atoms with Gasteiger partial charge in [0, 0.05) is 12.0 Å². The molecule has 1 amide bonds. The zero-order valence-corrected chi connectivity index (χ0v) is 13.2. The molecule has 1 aliphatic rings. The molecule has 1 aliphatic heterocycles. The summed E-state index contributed by atoms with van der Waals surface area (Å²) < 4.78 is 28.5. The van der Waals surface area contributed by atoms with E-state index in [1.165, 1.54) is 0 Å². The van der Waals surface area contributed by atoms with Gasteiger partial charge in [-0.3, -0.25) is 4.79 Å². The quantitative estimate of drug-likeness (QED) is 0.846. The number of carbonyl (C=O) groups excluding carboxylic acids is 1. The Morgan fingerprint density at radius 1 is 1.21 bits per heavy atom. The largest absolute Gasteiger partial charge is 0.364 e. The highest BCUT2D eigenvalue weighted by molar-refractivity contribution is 5.93. The van der Waals surface area contributed by atoms with Crippen molar-refractivity contribution in [2.45, 2.75) is 25.2 Å². The van der Waals surface area contributed by atoms with E-state index in [4.69, 9.17) is 5.73 Å². The number of hydrogen-bond donors (Lipinski definition) is 2. The van der Waals surface area contributed by atoms with Crippen LogP contribution in [0.25, 0.3) is 0 Å². The minimum Gasteiger partial charge on any atom is -0.364 e. The molecule has 2 aromatic rings. The van der Waals surface area contributed by atoms with E-state index >= 15 is 0 Å². The lowest BCUT2D eigenvalue weighted by molar-refractivity contribution is 0.0992. The smallest absolute Gasteiger partial charge is 0.267 e. The summed E-state index contributed by atoms with van der Waals surface area (Å²) in [6.45, 7) is 1.51. The molecule has 1 aromatic carbocycles. The van der Waals surface area contributed by atoms with Crippen LogP contribution >= 0.6 is 0 Å². The third-order valence-electron chi connectivity index (χ3n) is 4.44. The summed E-state index contributed by atoms with van der Waals surface area (Å²) in [6, 6.07) is 9.21. The summed E-state index contributed by atoms with van der Waals surface area (Å²) in [5.74, 6) is -3.14. The minimum atomic E-state index is -1.27. The van der Waals surface area contributed by atoms with Crippen LogP contribution in [-0.4, -0.2) is 24.0 Å². The predicted molar refractivity (Wildman–Crippen MR) is 86.8 cm³/mol. The van der Waals surface area contributed by atoms with E-state index in [-0.39, 0.29) is 23.6 Å². The normalized spacial score (nSPS) is 15.4. The fourth-order valence-corrected chi connectivity index (χ4v) is 3.30. The highest BCUT2D eigenvalue weighted by atomic mass is 19.2. The summed E-state index contributed by atoms with van der Waals surface area (Å²) in [5, 5.41) is 3.22. The molecule has 3 rings (SSSR count). The molecule has 1 aromatic heterocycles. The first-order chi connectivity index (χ1) is 11.6. The van der Waals surface area contributed by atoms with E-state index in [1.807, 2.05) is 30.3 Å². The number of pyridine rings is 1. The van der Waals surface area contributed by atoms with Gasteiger partial charge in [-0.05, 0) is 43.0 Å². The topological polar surface area (TPSA) is 68.0 Å². The van der Waals surface area contributed by atoms with Gasteiger partial charge in [0.05, 0.1) is 0 Å². The van der Waals surface area contributed by atoms with Gasteiger partial charge in [0.25, 0.3) is 5.91 Å². The van der Waals surface area contributed by atoms with E-state index in [9.17, 15) is 13.6 Å². The van der Waals surface area contributed by atoms with Crippen molar-refractivity contribution in [2.75, 3.05) is 13.1 Å². The molecule has 1 fully saturated rings. The van der Waals surface area contributed by atoms with Crippen LogP contribution in [0.1, 0.15) is 45.9 Å². The number of piperidine rings is 1. The average molecular weight is 331 g/mol. The molecule has 0 aliphatic carbocycles. The number of aromatic nitrogens is 1. The molecule has 0 spiro atoms. The molecule has 0 radical (unpaired) electrons. The van der Waals surface area contributed by atoms with Gasteiger partial charge < -0.3 is 11.1 Å². The summed E-state index contributed by atoms with van der Waals surface area (Å²) in [4.78, 5) is 15.3. The van der Waals surface area contributed by atoms with Crippen molar-refractivity contribution in [3.05, 3.63) is 64.5 Å². The van der Waals surface area contributed by atoms with Gasteiger partial charge in [0.15, 0.2) is 5.82 Å². The maximum Gasteiger partial charge on any atom is 0.267 e. The van der Waals surface area contributed by atoms with Crippen LogP contribution in [0.15, 0.2) is 30.3 Å². The Morgan fingerprint density at radius 2 is 1.88 bits per heavy atom. The number of benzene rings is 1. The standard InChI is InChI=1S/C18H19F2N3O/c19-15-13(10-11-4-2-1-3-5-11)14(12-6-8-22-9-7-12)16(18(21)24)23-17(15)20/h1-5,12,22H,6-10H2,(H2,21,24). The number of nitrogens with zero attached hydrogens (tertiary/aromatic N) is 1. The third kappa shape index (κ3) is 3.28. The molecule has 24 heavy (non-hydrogen) atoms. The van der Waals surface area contributed by atoms with Crippen molar-refractivity contribution in [2.24, 2.45) is 5.73 Å². The van der Waals surface area contributed by atoms with Gasteiger partial charge >= 0.3 is 0 Å². The molecule has 1 saturated heterocycles. The average Bonchev–Trinajstić information content (AvgIpc) is 2.60. The van der Waals surface area contributed by atoms with Crippen LogP contribution in [0, 0.1) is 11.8 Å². The second-order valence-electron chi connectivity index (χ2n) is 6.01. The number of nitrogens with two attached hydrogens (primary N) is 1. The van der Waals surface area contributed by atoms with Crippen molar-refractivity contribution < 1.29 is 13.6 Å². The maximum atomic E-state index is 14.5. The highest BCUT2D eigenvalue weighted by Gasteiger charge is 2.29. The zero-order valence-electron chi connectivity index (χ0n) is 13.2. The Morgan fingerprint density at radius 3 is 2.50 bits per heavy atom. The summed E-state index contributed by atoms with van der Waals surface area (Å²) in [5.41, 5.74) is 6.74. The fraction of sp³-hybridized carbons (Fsp3) is 0.333. The number of primary amides is 1. The Bertz CT molecular complexity index is 744. The maximum absolute atomic E-state index is 14.5. The van der Waals surface area contributed by atoms with E-state index in [1.54, 1.807) is 0 Å². The van der Waals surface area contributed by atoms with Crippen molar-refractivity contribution >= 4 is 5.91 Å². The monoisotopic (exact) mass is 331 g/mol. The molecular formula is C18H19F2N3O. The Kier molecular flexibility index (Phi) is 4.85. The minimum absolute atomic E-state index is 0.0601. The van der Waals surface area contributed by atoms with Gasteiger partial charge in [-0.15, -0.1) is 0 Å². The van der Waals surface area contributed by atoms with Crippen molar-refractivity contribution in [1.82, 2.24) is 10.3 Å². The van der Waals surface area contributed by atoms with Crippen molar-refractivity contribution in [1.29, 1.82) is 0 Å². The molecule has 0 bridgehead atoms. The van der Waals surface area contributed by atoms with E-state index in [2.05, 4.69) is 10.3 Å². The van der Waals surface area contributed by atoms with Crippen LogP contribution < -0.4 is 11.1 Å². The fourth-order valence-electron chi connectivity index (χ4n) is 3.30. The van der Waals surface area contributed by atoms with Crippen LogP contribution in [0.5, 0.6) is 0 Å². The van der Waals surface area contributed by atoms with E-state index in [0.29, 0.717) is 5.56 Å². The molecule has 3 N–H and O–H groups in total. The third-order valence-corrected chi connectivity index (χ3v) is 4.44. The van der Waals surface area contributed by atoms with Crippen LogP contribution in [0.2, 0.25) is 0 Å². The van der Waals surface area contributed by atoms with Crippen LogP contribution in [-0.2, 0) is 6.42 Å². The number of nitrogens with one attached hydrogen (secondary N) is 1. The Labute approximate surface area is 139 Å². The molecular weight excluding hydrogens is 312 g/mol. The molecule has 0 saturated carbocycles. The molecule has 0 unspecified atom stereocenters. The zero-order chi connectivity index (χ0) is 17.1. The van der Waals surface area contributed by atoms with Gasteiger partial charge in [0.2, 0.25) is 5.95 Å². The van der Waals surface area contributed by atoms with Gasteiger partial charge in [-0.25, -0.2) is 9.37 Å². The molecule has 6 heteroatoms. The number of hydrogen-bond acceptors (Lipinski definition) is 3. The van der Waals surface area contributed by atoms with E-state index in [0.717, 1.165) is 31.5 Å². The molecule has 2 heterocycles. The predicted octanol–water partition coefficient (Wildman–Crippen LogP) is 2.52. The lowest BCUT2D eigenvalue weighted by Gasteiger charge is -2.26.